The smallest absolute Gasteiger partial charge is 0.269 e. The van der Waals surface area contributed by atoms with Crippen molar-refractivity contribution in [2.24, 2.45) is 0 Å². The topological polar surface area (TPSA) is 76.2 Å². The fraction of sp³-hybridized carbons (Fsp3) is 0.200. The van der Waals surface area contributed by atoms with Gasteiger partial charge < -0.3 is 14.8 Å². The molecule has 0 aliphatic carbocycles. The van der Waals surface area contributed by atoms with Gasteiger partial charge in [0.15, 0.2) is 0 Å². The molecule has 1 amide bonds. The molecule has 3 aromatic rings. The van der Waals surface area contributed by atoms with Crippen molar-refractivity contribution in [1.29, 1.82) is 0 Å². The summed E-state index contributed by atoms with van der Waals surface area (Å²) in [4.78, 5) is 12.3. The lowest BCUT2D eigenvalue weighted by Gasteiger charge is -2.05. The lowest BCUT2D eigenvalue weighted by Crippen LogP contribution is -2.23. The molecule has 6 heteroatoms. The number of benzene rings is 2. The molecule has 0 unspecified atom stereocenters. The standard InChI is InChI=1S/C20H21N3O3/c1-3-26-16-9-7-15(8-10-16)18-12-19(23-22-18)20(24)21-13-14-5-4-6-17(11-14)25-2/h4-12H,3,13H2,1-2H3,(H,21,24)(H,22,23). The number of ether oxygens (including phenoxy) is 2. The first kappa shape index (κ1) is 17.5. The minimum Gasteiger partial charge on any atom is -0.497 e. The van der Waals surface area contributed by atoms with Gasteiger partial charge in [-0.1, -0.05) is 12.1 Å². The Labute approximate surface area is 152 Å². The molecule has 0 aliphatic rings. The van der Waals surface area contributed by atoms with Crippen molar-refractivity contribution in [1.82, 2.24) is 15.5 Å². The maximum atomic E-state index is 12.3. The van der Waals surface area contributed by atoms with Crippen LogP contribution in [-0.4, -0.2) is 29.8 Å². The molecule has 0 saturated carbocycles. The number of carbonyl (C=O) groups is 1. The number of hydrogen-bond acceptors (Lipinski definition) is 4. The van der Waals surface area contributed by atoms with Crippen LogP contribution in [0.1, 0.15) is 23.0 Å². The number of hydrogen-bond donors (Lipinski definition) is 2. The van der Waals surface area contributed by atoms with E-state index in [9.17, 15) is 4.79 Å². The molecule has 0 aliphatic heterocycles. The first-order chi connectivity index (χ1) is 12.7. The van der Waals surface area contributed by atoms with Gasteiger partial charge in [-0.3, -0.25) is 9.89 Å². The van der Waals surface area contributed by atoms with Crippen LogP contribution in [0.3, 0.4) is 0 Å². The Morgan fingerprint density at radius 3 is 2.65 bits per heavy atom. The number of aromatic nitrogens is 2. The number of H-pyrrole nitrogens is 1. The highest BCUT2D eigenvalue weighted by molar-refractivity contribution is 5.93. The second-order valence-corrected chi connectivity index (χ2v) is 5.66. The summed E-state index contributed by atoms with van der Waals surface area (Å²) in [6, 6.07) is 16.9. The summed E-state index contributed by atoms with van der Waals surface area (Å²) in [7, 11) is 1.62. The highest BCUT2D eigenvalue weighted by Gasteiger charge is 2.11. The van der Waals surface area contributed by atoms with Crippen molar-refractivity contribution in [2.45, 2.75) is 13.5 Å². The summed E-state index contributed by atoms with van der Waals surface area (Å²) in [6.07, 6.45) is 0. The van der Waals surface area contributed by atoms with Crippen LogP contribution in [0.25, 0.3) is 11.3 Å². The molecule has 0 radical (unpaired) electrons. The average molecular weight is 351 g/mol. The lowest BCUT2D eigenvalue weighted by molar-refractivity contribution is 0.0946. The monoisotopic (exact) mass is 351 g/mol. The number of methoxy groups -OCH3 is 1. The summed E-state index contributed by atoms with van der Waals surface area (Å²) >= 11 is 0. The van der Waals surface area contributed by atoms with Gasteiger partial charge in [-0.2, -0.15) is 5.10 Å². The minimum absolute atomic E-state index is 0.211. The third kappa shape index (κ3) is 4.22. The van der Waals surface area contributed by atoms with Crippen LogP contribution in [0.4, 0.5) is 0 Å². The highest BCUT2D eigenvalue weighted by atomic mass is 16.5. The first-order valence-electron chi connectivity index (χ1n) is 8.39. The molecule has 0 saturated heterocycles. The van der Waals surface area contributed by atoms with E-state index >= 15 is 0 Å². The molecule has 0 fully saturated rings. The largest absolute Gasteiger partial charge is 0.497 e. The van der Waals surface area contributed by atoms with Crippen molar-refractivity contribution in [3.8, 4) is 22.8 Å². The quantitative estimate of drug-likeness (QED) is 0.684. The van der Waals surface area contributed by atoms with Crippen LogP contribution in [0.15, 0.2) is 54.6 Å². The second-order valence-electron chi connectivity index (χ2n) is 5.66. The van der Waals surface area contributed by atoms with E-state index in [1.165, 1.54) is 0 Å². The van der Waals surface area contributed by atoms with Crippen LogP contribution in [0.2, 0.25) is 0 Å². The normalized spacial score (nSPS) is 10.4. The zero-order valence-corrected chi connectivity index (χ0v) is 14.8. The molecule has 1 aromatic heterocycles. The van der Waals surface area contributed by atoms with Crippen molar-refractivity contribution in [2.75, 3.05) is 13.7 Å². The van der Waals surface area contributed by atoms with Crippen LogP contribution in [0.5, 0.6) is 11.5 Å². The number of rotatable bonds is 7. The van der Waals surface area contributed by atoms with E-state index in [2.05, 4.69) is 15.5 Å². The van der Waals surface area contributed by atoms with Crippen molar-refractivity contribution in [3.05, 3.63) is 65.9 Å². The van der Waals surface area contributed by atoms with Gasteiger partial charge in [-0.15, -0.1) is 0 Å². The molecule has 2 N–H and O–H groups in total. The Bertz CT molecular complexity index is 872. The van der Waals surface area contributed by atoms with E-state index in [1.807, 2.05) is 55.5 Å². The molecule has 0 bridgehead atoms. The number of carbonyl (C=O) groups excluding carboxylic acids is 1. The van der Waals surface area contributed by atoms with Gasteiger partial charge in [0.1, 0.15) is 17.2 Å². The van der Waals surface area contributed by atoms with Gasteiger partial charge in [0.2, 0.25) is 0 Å². The van der Waals surface area contributed by atoms with Gasteiger partial charge in [0.05, 0.1) is 19.4 Å². The fourth-order valence-electron chi connectivity index (χ4n) is 2.53. The minimum atomic E-state index is -0.211. The summed E-state index contributed by atoms with van der Waals surface area (Å²) in [6.45, 7) is 2.98. The molecule has 26 heavy (non-hydrogen) atoms. The maximum absolute atomic E-state index is 12.3. The van der Waals surface area contributed by atoms with Gasteiger partial charge >= 0.3 is 0 Å². The van der Waals surface area contributed by atoms with Gasteiger partial charge in [0, 0.05) is 12.1 Å². The molecule has 6 nitrogen and oxygen atoms in total. The van der Waals surface area contributed by atoms with Gasteiger partial charge in [0.25, 0.3) is 5.91 Å². The highest BCUT2D eigenvalue weighted by Crippen LogP contribution is 2.21. The van der Waals surface area contributed by atoms with Crippen LogP contribution in [-0.2, 0) is 6.54 Å². The van der Waals surface area contributed by atoms with Crippen LogP contribution < -0.4 is 14.8 Å². The van der Waals surface area contributed by atoms with Crippen molar-refractivity contribution < 1.29 is 14.3 Å². The number of nitrogens with one attached hydrogen (secondary N) is 2. The number of amides is 1. The Balaban J connectivity index is 1.64. The SMILES string of the molecule is CCOc1ccc(-c2cc(C(=O)NCc3cccc(OC)c3)[nH]n2)cc1. The molecule has 3 rings (SSSR count). The van der Waals surface area contributed by atoms with Gasteiger partial charge in [-0.25, -0.2) is 0 Å². The molecule has 2 aromatic carbocycles. The molecule has 0 spiro atoms. The molecular formula is C20H21N3O3. The summed E-state index contributed by atoms with van der Waals surface area (Å²) in [5.74, 6) is 1.36. The third-order valence-electron chi connectivity index (χ3n) is 3.87. The summed E-state index contributed by atoms with van der Waals surface area (Å²) in [5.41, 5.74) is 3.00. The van der Waals surface area contributed by atoms with Crippen molar-refractivity contribution in [3.63, 3.8) is 0 Å². The summed E-state index contributed by atoms with van der Waals surface area (Å²) < 4.78 is 10.6. The third-order valence-corrected chi connectivity index (χ3v) is 3.87. The molecular weight excluding hydrogens is 330 g/mol. The fourth-order valence-corrected chi connectivity index (χ4v) is 2.53. The van der Waals surface area contributed by atoms with Crippen LogP contribution in [0, 0.1) is 0 Å². The van der Waals surface area contributed by atoms with E-state index in [1.54, 1.807) is 13.2 Å². The Kier molecular flexibility index (Phi) is 5.53. The molecule has 1 heterocycles. The predicted octanol–water partition coefficient (Wildman–Crippen LogP) is 3.41. The summed E-state index contributed by atoms with van der Waals surface area (Å²) in [5, 5.41) is 9.87. The average Bonchev–Trinajstić information content (AvgIpc) is 3.17. The van der Waals surface area contributed by atoms with E-state index < -0.39 is 0 Å². The van der Waals surface area contributed by atoms with E-state index in [0.717, 1.165) is 22.6 Å². The molecule has 134 valence electrons. The van der Waals surface area contributed by atoms with E-state index in [4.69, 9.17) is 9.47 Å². The Morgan fingerprint density at radius 1 is 1.12 bits per heavy atom. The Hall–Kier alpha value is -3.28. The maximum Gasteiger partial charge on any atom is 0.269 e. The zero-order valence-electron chi connectivity index (χ0n) is 14.8. The molecule has 0 atom stereocenters. The predicted molar refractivity (Wildman–Crippen MR) is 99.4 cm³/mol. The first-order valence-corrected chi connectivity index (χ1v) is 8.39. The van der Waals surface area contributed by atoms with E-state index in [-0.39, 0.29) is 5.91 Å². The Morgan fingerprint density at radius 2 is 1.92 bits per heavy atom. The lowest BCUT2D eigenvalue weighted by atomic mass is 10.1. The van der Waals surface area contributed by atoms with Gasteiger partial charge in [-0.05, 0) is 55.0 Å². The van der Waals surface area contributed by atoms with Crippen molar-refractivity contribution >= 4 is 5.91 Å². The zero-order chi connectivity index (χ0) is 18.4. The number of aromatic amines is 1. The number of nitrogens with zero attached hydrogens (tertiary/aromatic N) is 1. The van der Waals surface area contributed by atoms with Crippen LogP contribution >= 0.6 is 0 Å². The second kappa shape index (κ2) is 8.20. The van der Waals surface area contributed by atoms with E-state index in [0.29, 0.717) is 24.5 Å².